The van der Waals surface area contributed by atoms with Crippen molar-refractivity contribution in [3.05, 3.63) is 48.1 Å². The van der Waals surface area contributed by atoms with Crippen LogP contribution in [0.15, 0.2) is 48.1 Å². The Hall–Kier alpha value is -0.645. The molecule has 6 nitrogen and oxygen atoms in total. The normalized spacial score (nSPS) is 30.4. The van der Waals surface area contributed by atoms with E-state index in [2.05, 4.69) is 48.1 Å². The number of epoxide rings is 1. The van der Waals surface area contributed by atoms with Crippen LogP contribution in [-0.4, -0.2) is 69.9 Å². The molecule has 0 aromatic heterocycles. The summed E-state index contributed by atoms with van der Waals surface area (Å²) in [6, 6.07) is 0. The number of aldehydes is 1. The Balaban J connectivity index is 1.39. The average Bonchev–Trinajstić information content (AvgIpc) is 3.62. The summed E-state index contributed by atoms with van der Waals surface area (Å²) in [5.74, 6) is 0.485. The van der Waals surface area contributed by atoms with Crippen LogP contribution in [0, 0.1) is 5.92 Å². The Morgan fingerprint density at radius 3 is 2.87 bits per heavy atom. The standard InChI is InChI=1S/C29H45BO6P2/c1-20(16-22(3)18-25-7-5-6-23(33-25)12-14-31)8-10-26-28(34-26)19-29(35-37)27(36-38(4)30)11-9-24-17-21(2)13-15-32-24/h5-6,9,11,13-14,22-29H,1,7-8,10,12,15-19,37H2,2-4H3/b11-9+/t22-,23-,24+,25-,26-,27+,28-,29+,38?/m0/s1. The van der Waals surface area contributed by atoms with Crippen LogP contribution in [0.1, 0.15) is 65.2 Å². The van der Waals surface area contributed by atoms with Gasteiger partial charge in [-0.3, -0.25) is 0 Å². The molecule has 0 spiro atoms. The van der Waals surface area contributed by atoms with E-state index in [4.69, 9.17) is 30.8 Å². The highest BCUT2D eigenvalue weighted by molar-refractivity contribution is 7.77. The van der Waals surface area contributed by atoms with Crippen molar-refractivity contribution >= 4 is 31.3 Å². The average molecular weight is 562 g/mol. The van der Waals surface area contributed by atoms with Crippen LogP contribution >= 0.6 is 17.5 Å². The van der Waals surface area contributed by atoms with Crippen LogP contribution in [0.3, 0.4) is 0 Å². The summed E-state index contributed by atoms with van der Waals surface area (Å²) in [7, 11) is 7.37. The quantitative estimate of drug-likeness (QED) is 0.0696. The second kappa shape index (κ2) is 16.6. The second-order valence-corrected chi connectivity index (χ2v) is 12.5. The number of ether oxygens (including phenoxy) is 3. The van der Waals surface area contributed by atoms with E-state index in [1.165, 1.54) is 11.1 Å². The molecule has 10 atom stereocenters. The first-order chi connectivity index (χ1) is 18.3. The summed E-state index contributed by atoms with van der Waals surface area (Å²) in [4.78, 5) is 10.8. The van der Waals surface area contributed by atoms with E-state index in [0.717, 1.165) is 51.2 Å². The zero-order valence-electron chi connectivity index (χ0n) is 23.2. The molecule has 3 rings (SSSR count). The number of rotatable bonds is 17. The summed E-state index contributed by atoms with van der Waals surface area (Å²) in [5, 5.41) is 0. The van der Waals surface area contributed by atoms with E-state index in [1.54, 1.807) is 0 Å². The minimum atomic E-state index is -1.04. The molecular weight excluding hydrogens is 517 g/mol. The summed E-state index contributed by atoms with van der Waals surface area (Å²) in [6.07, 6.45) is 18.3. The van der Waals surface area contributed by atoms with Crippen molar-refractivity contribution in [1.82, 2.24) is 0 Å². The number of hydrogen-bond donors (Lipinski definition) is 0. The van der Waals surface area contributed by atoms with Crippen LogP contribution in [0.5, 0.6) is 0 Å². The van der Waals surface area contributed by atoms with Crippen LogP contribution in [0.4, 0.5) is 0 Å². The highest BCUT2D eigenvalue weighted by Crippen LogP contribution is 2.37. The van der Waals surface area contributed by atoms with Crippen molar-refractivity contribution in [3.8, 4) is 0 Å². The first-order valence-electron chi connectivity index (χ1n) is 13.8. The van der Waals surface area contributed by atoms with Crippen molar-refractivity contribution in [3.63, 3.8) is 0 Å². The second-order valence-electron chi connectivity index (χ2n) is 10.9. The molecule has 210 valence electrons. The number of hydrogen-bond acceptors (Lipinski definition) is 6. The zero-order chi connectivity index (χ0) is 27.5. The maximum atomic E-state index is 10.8. The fourth-order valence-corrected chi connectivity index (χ4v) is 6.13. The first-order valence-corrected chi connectivity index (χ1v) is 16.1. The van der Waals surface area contributed by atoms with Gasteiger partial charge in [0.1, 0.15) is 20.0 Å². The van der Waals surface area contributed by atoms with Crippen LogP contribution in [0.2, 0.25) is 0 Å². The highest BCUT2D eigenvalue weighted by Gasteiger charge is 2.41. The SMILES string of the molecule is [B]P(C)O[C@H](/C=C/[C@@H]1CC(C)=CCO1)[C@@H](C[C@@H]1O[C@H]1CCC(=C)C[C@H](C)C[C@@H]1CC=C[C@@H](CC=O)O1)OP. The van der Waals surface area contributed by atoms with Gasteiger partial charge in [0.2, 0.25) is 0 Å². The van der Waals surface area contributed by atoms with Gasteiger partial charge in [0.05, 0.1) is 43.2 Å². The summed E-state index contributed by atoms with van der Waals surface area (Å²) < 4.78 is 29.7. The third-order valence-electron chi connectivity index (χ3n) is 7.29. The molecule has 2 unspecified atom stereocenters. The van der Waals surface area contributed by atoms with E-state index in [9.17, 15) is 4.79 Å². The van der Waals surface area contributed by atoms with Gasteiger partial charge < -0.3 is 28.1 Å². The lowest BCUT2D eigenvalue weighted by Crippen LogP contribution is -2.29. The van der Waals surface area contributed by atoms with E-state index in [-0.39, 0.29) is 42.7 Å². The topological polar surface area (TPSA) is 66.5 Å². The summed E-state index contributed by atoms with van der Waals surface area (Å²) in [6.45, 7) is 11.2. The molecular formula is C29H45BO6P2. The lowest BCUT2D eigenvalue weighted by Gasteiger charge is -2.27. The van der Waals surface area contributed by atoms with Crippen molar-refractivity contribution in [2.45, 2.75) is 108 Å². The predicted molar refractivity (Wildman–Crippen MR) is 158 cm³/mol. The molecule has 0 aliphatic carbocycles. The monoisotopic (exact) mass is 562 g/mol. The van der Waals surface area contributed by atoms with E-state index < -0.39 is 8.03 Å². The third-order valence-corrected chi connectivity index (χ3v) is 8.22. The van der Waals surface area contributed by atoms with Crippen molar-refractivity contribution < 1.29 is 28.1 Å². The van der Waals surface area contributed by atoms with Crippen molar-refractivity contribution in [1.29, 1.82) is 0 Å². The van der Waals surface area contributed by atoms with Crippen molar-refractivity contribution in [2.24, 2.45) is 5.92 Å². The molecule has 9 heteroatoms. The van der Waals surface area contributed by atoms with Gasteiger partial charge in [0.15, 0.2) is 0 Å². The fraction of sp³-hybridized carbons (Fsp3) is 0.690. The fourth-order valence-electron chi connectivity index (χ4n) is 5.27. The van der Waals surface area contributed by atoms with E-state index in [0.29, 0.717) is 18.9 Å². The molecule has 2 radical (unpaired) electrons. The van der Waals surface area contributed by atoms with Gasteiger partial charge in [-0.2, -0.15) is 0 Å². The lowest BCUT2D eigenvalue weighted by atomic mass is 9.91. The Bertz CT molecular complexity index is 847. The molecule has 0 aromatic carbocycles. The van der Waals surface area contributed by atoms with Gasteiger partial charge in [0, 0.05) is 22.3 Å². The number of carbonyl (C=O) groups excluding carboxylic acids is 1. The molecule has 0 bridgehead atoms. The maximum Gasteiger partial charge on any atom is 0.148 e. The van der Waals surface area contributed by atoms with Gasteiger partial charge in [-0.15, -0.1) is 0 Å². The Morgan fingerprint density at radius 2 is 2.16 bits per heavy atom. The van der Waals surface area contributed by atoms with Crippen molar-refractivity contribution in [2.75, 3.05) is 13.3 Å². The van der Waals surface area contributed by atoms with Gasteiger partial charge in [0.25, 0.3) is 0 Å². The van der Waals surface area contributed by atoms with E-state index in [1.807, 2.05) is 18.8 Å². The summed E-state index contributed by atoms with van der Waals surface area (Å²) >= 11 is 0. The van der Waals surface area contributed by atoms with Gasteiger partial charge in [-0.1, -0.05) is 55.0 Å². The number of carbonyl (C=O) groups is 1. The lowest BCUT2D eigenvalue weighted by molar-refractivity contribution is -0.111. The van der Waals surface area contributed by atoms with Crippen LogP contribution in [0.25, 0.3) is 0 Å². The van der Waals surface area contributed by atoms with E-state index >= 15 is 0 Å². The molecule has 0 amide bonds. The van der Waals surface area contributed by atoms with Gasteiger partial charge in [-0.25, -0.2) is 0 Å². The molecule has 0 aromatic rings. The Kier molecular flexibility index (Phi) is 13.9. The predicted octanol–water partition coefficient (Wildman–Crippen LogP) is 6.16. The Labute approximate surface area is 234 Å². The molecule has 1 fully saturated rings. The number of allylic oxidation sites excluding steroid dienone is 1. The van der Waals surface area contributed by atoms with Crippen LogP contribution < -0.4 is 0 Å². The van der Waals surface area contributed by atoms with Crippen LogP contribution in [-0.2, 0) is 28.1 Å². The molecule has 3 aliphatic heterocycles. The third kappa shape index (κ3) is 11.5. The largest absolute Gasteiger partial charge is 0.370 e. The summed E-state index contributed by atoms with van der Waals surface area (Å²) in [5.41, 5.74) is 2.59. The minimum absolute atomic E-state index is 0.0503. The zero-order valence-corrected chi connectivity index (χ0v) is 25.3. The minimum Gasteiger partial charge on any atom is -0.370 e. The first kappa shape index (κ1) is 31.9. The molecule has 1 saturated heterocycles. The maximum absolute atomic E-state index is 10.8. The molecule has 38 heavy (non-hydrogen) atoms. The van der Waals surface area contributed by atoms with Gasteiger partial charge in [-0.05, 0) is 66.1 Å². The molecule has 0 N–H and O–H groups in total. The molecule has 3 aliphatic rings. The molecule has 0 saturated carbocycles. The highest BCUT2D eigenvalue weighted by atomic mass is 31.1. The van der Waals surface area contributed by atoms with Gasteiger partial charge >= 0.3 is 0 Å². The smallest absolute Gasteiger partial charge is 0.148 e. The Morgan fingerprint density at radius 1 is 1.34 bits per heavy atom. The molecule has 3 heterocycles.